The molecule has 6 heteroatoms. The van der Waals surface area contributed by atoms with Crippen molar-refractivity contribution < 1.29 is 4.42 Å². The van der Waals surface area contributed by atoms with E-state index in [2.05, 4.69) is 16.0 Å². The van der Waals surface area contributed by atoms with Crippen LogP contribution in [0.25, 0.3) is 5.65 Å². The first-order valence-corrected chi connectivity index (χ1v) is 7.77. The SMILES string of the molecule is Cc1cccn2c(=O)cc(CN(CCC#N)Cc3ccco3)nc12. The Morgan fingerprint density at radius 2 is 2.21 bits per heavy atom. The zero-order valence-electron chi connectivity index (χ0n) is 13.5. The quantitative estimate of drug-likeness (QED) is 0.697. The molecule has 3 heterocycles. The van der Waals surface area contributed by atoms with Gasteiger partial charge in [0.1, 0.15) is 11.4 Å². The van der Waals surface area contributed by atoms with Crippen molar-refractivity contribution in [3.05, 3.63) is 70.2 Å². The Bertz CT molecular complexity index is 922. The topological polar surface area (TPSA) is 74.5 Å². The van der Waals surface area contributed by atoms with Crippen LogP contribution >= 0.6 is 0 Å². The molecule has 3 aromatic rings. The lowest BCUT2D eigenvalue weighted by Crippen LogP contribution is -2.26. The van der Waals surface area contributed by atoms with E-state index < -0.39 is 0 Å². The average Bonchev–Trinajstić information content (AvgIpc) is 3.07. The molecule has 0 fully saturated rings. The normalized spacial score (nSPS) is 11.0. The highest BCUT2D eigenvalue weighted by Gasteiger charge is 2.12. The van der Waals surface area contributed by atoms with Gasteiger partial charge in [-0.25, -0.2) is 4.98 Å². The van der Waals surface area contributed by atoms with E-state index in [4.69, 9.17) is 9.68 Å². The summed E-state index contributed by atoms with van der Waals surface area (Å²) >= 11 is 0. The predicted octanol–water partition coefficient (Wildman–Crippen LogP) is 2.51. The van der Waals surface area contributed by atoms with Gasteiger partial charge in [0, 0.05) is 31.8 Å². The third kappa shape index (κ3) is 3.53. The van der Waals surface area contributed by atoms with Crippen LogP contribution in [0.4, 0.5) is 0 Å². The standard InChI is InChI=1S/C18H18N4O2/c1-14-5-2-9-22-17(23)11-15(20-18(14)22)12-21(8-4-7-19)13-16-6-3-10-24-16/h2-3,5-6,9-11H,4,8,12-13H2,1H3. The Morgan fingerprint density at radius 3 is 2.96 bits per heavy atom. The van der Waals surface area contributed by atoms with Crippen LogP contribution in [0.2, 0.25) is 0 Å². The zero-order valence-corrected chi connectivity index (χ0v) is 13.5. The second-order valence-corrected chi connectivity index (χ2v) is 5.67. The first-order chi connectivity index (χ1) is 11.7. The number of aryl methyl sites for hydroxylation is 1. The van der Waals surface area contributed by atoms with Gasteiger partial charge in [0.25, 0.3) is 5.56 Å². The monoisotopic (exact) mass is 322 g/mol. The first-order valence-electron chi connectivity index (χ1n) is 7.77. The van der Waals surface area contributed by atoms with E-state index in [1.807, 2.05) is 31.2 Å². The second-order valence-electron chi connectivity index (χ2n) is 5.67. The molecule has 0 bridgehead atoms. The highest BCUT2D eigenvalue weighted by atomic mass is 16.3. The van der Waals surface area contributed by atoms with E-state index in [0.717, 1.165) is 11.3 Å². The third-order valence-electron chi connectivity index (χ3n) is 3.82. The van der Waals surface area contributed by atoms with Crippen LogP contribution in [0.15, 0.2) is 52.0 Å². The molecule has 0 aliphatic heterocycles. The fraction of sp³-hybridized carbons (Fsp3) is 0.278. The number of furan rings is 1. The summed E-state index contributed by atoms with van der Waals surface area (Å²) in [6.45, 7) is 3.58. The van der Waals surface area contributed by atoms with E-state index in [-0.39, 0.29) is 5.56 Å². The summed E-state index contributed by atoms with van der Waals surface area (Å²) in [5.41, 5.74) is 2.21. The molecule has 0 aliphatic carbocycles. The minimum Gasteiger partial charge on any atom is -0.468 e. The molecule has 6 nitrogen and oxygen atoms in total. The Kier molecular flexibility index (Phi) is 4.73. The number of nitriles is 1. The highest BCUT2D eigenvalue weighted by molar-refractivity contribution is 5.46. The smallest absolute Gasteiger partial charge is 0.258 e. The summed E-state index contributed by atoms with van der Waals surface area (Å²) in [6.07, 6.45) is 3.76. The van der Waals surface area contributed by atoms with Crippen LogP contribution in [0.5, 0.6) is 0 Å². The molecular weight excluding hydrogens is 304 g/mol. The minimum absolute atomic E-state index is 0.100. The van der Waals surface area contributed by atoms with Crippen LogP contribution in [0, 0.1) is 18.3 Å². The molecule has 0 unspecified atom stereocenters. The lowest BCUT2D eigenvalue weighted by atomic mass is 10.2. The maximum Gasteiger partial charge on any atom is 0.258 e. The fourth-order valence-electron chi connectivity index (χ4n) is 2.66. The number of fused-ring (bicyclic) bond motifs is 1. The molecule has 0 amide bonds. The molecule has 0 N–H and O–H groups in total. The van der Waals surface area contributed by atoms with E-state index in [1.165, 1.54) is 0 Å². The second kappa shape index (κ2) is 7.11. The van der Waals surface area contributed by atoms with Crippen molar-refractivity contribution >= 4 is 5.65 Å². The first kappa shape index (κ1) is 16.0. The van der Waals surface area contributed by atoms with Crippen molar-refractivity contribution in [2.24, 2.45) is 0 Å². The summed E-state index contributed by atoms with van der Waals surface area (Å²) in [5.74, 6) is 0.821. The predicted molar refractivity (Wildman–Crippen MR) is 89.3 cm³/mol. The third-order valence-corrected chi connectivity index (χ3v) is 3.82. The lowest BCUT2D eigenvalue weighted by Gasteiger charge is -2.19. The number of nitrogens with zero attached hydrogens (tertiary/aromatic N) is 4. The summed E-state index contributed by atoms with van der Waals surface area (Å²) < 4.78 is 6.93. The number of hydrogen-bond donors (Lipinski definition) is 0. The van der Waals surface area contributed by atoms with Gasteiger partial charge in [0.05, 0.1) is 24.6 Å². The summed E-state index contributed by atoms with van der Waals surface area (Å²) in [6, 6.07) is 11.2. The molecule has 0 saturated carbocycles. The Labute approximate surface area is 139 Å². The van der Waals surface area contributed by atoms with Crippen molar-refractivity contribution in [1.82, 2.24) is 14.3 Å². The Balaban J connectivity index is 1.88. The molecule has 122 valence electrons. The largest absolute Gasteiger partial charge is 0.468 e. The highest BCUT2D eigenvalue weighted by Crippen LogP contribution is 2.11. The van der Waals surface area contributed by atoms with Crippen molar-refractivity contribution in [2.75, 3.05) is 6.54 Å². The van der Waals surface area contributed by atoms with Gasteiger partial charge in [0.15, 0.2) is 0 Å². The number of aromatic nitrogens is 2. The molecule has 0 atom stereocenters. The van der Waals surface area contributed by atoms with E-state index in [9.17, 15) is 4.79 Å². The Morgan fingerprint density at radius 1 is 1.33 bits per heavy atom. The van der Waals surface area contributed by atoms with Crippen molar-refractivity contribution in [2.45, 2.75) is 26.4 Å². The Hall–Kier alpha value is -2.91. The molecule has 0 aromatic carbocycles. The van der Waals surface area contributed by atoms with Gasteiger partial charge < -0.3 is 4.42 Å². The minimum atomic E-state index is -0.100. The molecule has 3 rings (SSSR count). The van der Waals surface area contributed by atoms with Gasteiger partial charge in [0.2, 0.25) is 0 Å². The van der Waals surface area contributed by atoms with Crippen LogP contribution in [0.1, 0.15) is 23.4 Å². The molecule has 0 aliphatic rings. The lowest BCUT2D eigenvalue weighted by molar-refractivity contribution is 0.238. The number of rotatable bonds is 6. The van der Waals surface area contributed by atoms with Crippen LogP contribution in [-0.4, -0.2) is 20.8 Å². The fourth-order valence-corrected chi connectivity index (χ4v) is 2.66. The average molecular weight is 322 g/mol. The van der Waals surface area contributed by atoms with Gasteiger partial charge in [-0.05, 0) is 30.7 Å². The van der Waals surface area contributed by atoms with E-state index >= 15 is 0 Å². The summed E-state index contributed by atoms with van der Waals surface area (Å²) in [7, 11) is 0. The molecule has 0 radical (unpaired) electrons. The molecule has 0 spiro atoms. The van der Waals surface area contributed by atoms with Gasteiger partial charge in [-0.3, -0.25) is 14.1 Å². The van der Waals surface area contributed by atoms with Crippen LogP contribution in [-0.2, 0) is 13.1 Å². The van der Waals surface area contributed by atoms with Gasteiger partial charge in [-0.1, -0.05) is 6.07 Å². The molecule has 3 aromatic heterocycles. The number of hydrogen-bond acceptors (Lipinski definition) is 5. The summed E-state index contributed by atoms with van der Waals surface area (Å²) in [5, 5.41) is 8.86. The molecule has 0 saturated heterocycles. The van der Waals surface area contributed by atoms with Crippen LogP contribution < -0.4 is 5.56 Å². The van der Waals surface area contributed by atoms with Crippen molar-refractivity contribution in [3.8, 4) is 6.07 Å². The van der Waals surface area contributed by atoms with Gasteiger partial charge in [-0.2, -0.15) is 5.26 Å². The number of pyridine rings is 1. The molecular formula is C18H18N4O2. The van der Waals surface area contributed by atoms with Crippen molar-refractivity contribution in [1.29, 1.82) is 5.26 Å². The van der Waals surface area contributed by atoms with Crippen molar-refractivity contribution in [3.63, 3.8) is 0 Å². The van der Waals surface area contributed by atoms with Crippen LogP contribution in [0.3, 0.4) is 0 Å². The van der Waals surface area contributed by atoms with Gasteiger partial charge in [-0.15, -0.1) is 0 Å². The molecule has 24 heavy (non-hydrogen) atoms. The van der Waals surface area contributed by atoms with E-state index in [0.29, 0.717) is 37.4 Å². The summed E-state index contributed by atoms with van der Waals surface area (Å²) in [4.78, 5) is 19.0. The maximum atomic E-state index is 12.3. The zero-order chi connectivity index (χ0) is 16.9. The van der Waals surface area contributed by atoms with E-state index in [1.54, 1.807) is 22.9 Å². The maximum absolute atomic E-state index is 12.3. The van der Waals surface area contributed by atoms with Gasteiger partial charge >= 0.3 is 0 Å².